The summed E-state index contributed by atoms with van der Waals surface area (Å²) in [5.74, 6) is -0.535. The second-order valence-electron chi connectivity index (χ2n) is 8.50. The highest BCUT2D eigenvalue weighted by Crippen LogP contribution is 2.34. The Kier molecular flexibility index (Phi) is 6.19. The van der Waals surface area contributed by atoms with E-state index in [9.17, 15) is 14.7 Å². The number of methoxy groups -OCH3 is 1. The van der Waals surface area contributed by atoms with Crippen molar-refractivity contribution in [3.8, 4) is 17.3 Å². The van der Waals surface area contributed by atoms with Gasteiger partial charge >= 0.3 is 5.97 Å². The molecule has 2 heterocycles. The molecule has 0 fully saturated rings. The lowest BCUT2D eigenvalue weighted by Gasteiger charge is -2.31. The molecule has 0 aliphatic heterocycles. The first-order valence-electron chi connectivity index (χ1n) is 11.5. The Morgan fingerprint density at radius 2 is 1.70 bits per heavy atom. The van der Waals surface area contributed by atoms with E-state index >= 15 is 0 Å². The molecule has 186 valence electrons. The van der Waals surface area contributed by atoms with Gasteiger partial charge < -0.3 is 19.2 Å². The number of carboxylic acids is 1. The zero-order chi connectivity index (χ0) is 26.1. The monoisotopic (exact) mass is 496 g/mol. The number of carbonyl (C=O) groups is 1. The minimum absolute atomic E-state index is 0.00958. The third-order valence-corrected chi connectivity index (χ3v) is 6.19. The van der Waals surface area contributed by atoms with Crippen LogP contribution in [0.15, 0.2) is 88.1 Å². The van der Waals surface area contributed by atoms with Crippen molar-refractivity contribution in [1.82, 2.24) is 14.5 Å². The van der Waals surface area contributed by atoms with Gasteiger partial charge in [-0.3, -0.25) is 9.36 Å². The van der Waals surface area contributed by atoms with Crippen LogP contribution in [0.25, 0.3) is 22.7 Å². The van der Waals surface area contributed by atoms with Crippen molar-refractivity contribution >= 4 is 23.0 Å². The van der Waals surface area contributed by atoms with Gasteiger partial charge in [0.1, 0.15) is 5.52 Å². The van der Waals surface area contributed by atoms with Gasteiger partial charge in [-0.2, -0.15) is 0 Å². The highest BCUT2D eigenvalue weighted by Gasteiger charge is 2.28. The number of hydrogen-bond donors (Lipinski definition) is 1. The minimum Gasteiger partial charge on any atom is -0.489 e. The molecule has 37 heavy (non-hydrogen) atoms. The topological polar surface area (TPSA) is 111 Å². The number of oxazole rings is 1. The average molecular weight is 497 g/mol. The SMILES string of the molecule is COc1c(-c2nc3ccccc3o2)nc(N(C)C(c2ccccc2)c2cccc(C(=O)O)c2)n(C)c1=O. The van der Waals surface area contributed by atoms with E-state index in [2.05, 4.69) is 4.98 Å². The lowest BCUT2D eigenvalue weighted by molar-refractivity contribution is 0.0696. The molecule has 0 saturated carbocycles. The Bertz CT molecular complexity index is 1630. The number of anilines is 1. The molecule has 1 atom stereocenters. The fraction of sp³-hybridized carbons (Fsp3) is 0.143. The Hall–Kier alpha value is -4.92. The summed E-state index contributed by atoms with van der Waals surface area (Å²) in [5, 5.41) is 9.58. The van der Waals surface area contributed by atoms with Crippen LogP contribution in [0.4, 0.5) is 5.95 Å². The van der Waals surface area contributed by atoms with Crippen LogP contribution in [0.2, 0.25) is 0 Å². The van der Waals surface area contributed by atoms with Gasteiger partial charge in [-0.1, -0.05) is 54.6 Å². The van der Waals surface area contributed by atoms with Crippen molar-refractivity contribution in [2.45, 2.75) is 6.04 Å². The van der Waals surface area contributed by atoms with Gasteiger partial charge in [0.15, 0.2) is 11.3 Å². The molecule has 0 saturated heterocycles. The molecule has 0 aliphatic carbocycles. The highest BCUT2D eigenvalue weighted by atomic mass is 16.5. The number of nitrogens with zero attached hydrogens (tertiary/aromatic N) is 4. The molecule has 1 N–H and O–H groups in total. The molecule has 0 spiro atoms. The molecular formula is C28H24N4O5. The van der Waals surface area contributed by atoms with Crippen LogP contribution in [0.1, 0.15) is 27.5 Å². The van der Waals surface area contributed by atoms with Crippen molar-refractivity contribution < 1.29 is 19.1 Å². The lowest BCUT2D eigenvalue weighted by Crippen LogP contribution is -2.33. The first kappa shape index (κ1) is 23.8. The number of fused-ring (bicyclic) bond motifs is 1. The van der Waals surface area contributed by atoms with Crippen LogP contribution < -0.4 is 15.2 Å². The van der Waals surface area contributed by atoms with E-state index in [1.54, 1.807) is 38.4 Å². The molecule has 9 heteroatoms. The average Bonchev–Trinajstić information content (AvgIpc) is 3.35. The number of ether oxygens (including phenoxy) is 1. The predicted octanol–water partition coefficient (Wildman–Crippen LogP) is 4.52. The molecule has 5 rings (SSSR count). The second kappa shape index (κ2) is 9.62. The maximum absolute atomic E-state index is 13.4. The van der Waals surface area contributed by atoms with Gasteiger partial charge in [-0.25, -0.2) is 14.8 Å². The number of hydrogen-bond acceptors (Lipinski definition) is 7. The van der Waals surface area contributed by atoms with Crippen LogP contribution in [-0.2, 0) is 7.05 Å². The van der Waals surface area contributed by atoms with Crippen LogP contribution in [0, 0.1) is 0 Å². The third-order valence-electron chi connectivity index (χ3n) is 6.19. The van der Waals surface area contributed by atoms with Crippen LogP contribution in [0.5, 0.6) is 5.75 Å². The summed E-state index contributed by atoms with van der Waals surface area (Å²) < 4.78 is 12.7. The number of rotatable bonds is 7. The number of aromatic carboxylic acids is 1. The van der Waals surface area contributed by atoms with E-state index in [0.29, 0.717) is 17.0 Å². The maximum Gasteiger partial charge on any atom is 0.335 e. The van der Waals surface area contributed by atoms with Gasteiger partial charge in [-0.15, -0.1) is 0 Å². The molecule has 5 aromatic rings. The van der Waals surface area contributed by atoms with Crippen molar-refractivity contribution in [3.63, 3.8) is 0 Å². The summed E-state index contributed by atoms with van der Waals surface area (Å²) in [6.45, 7) is 0. The summed E-state index contributed by atoms with van der Waals surface area (Å²) in [6.07, 6.45) is 0. The van der Waals surface area contributed by atoms with Crippen LogP contribution >= 0.6 is 0 Å². The zero-order valence-corrected chi connectivity index (χ0v) is 20.5. The zero-order valence-electron chi connectivity index (χ0n) is 20.5. The van der Waals surface area contributed by atoms with E-state index < -0.39 is 17.6 Å². The molecule has 3 aromatic carbocycles. The second-order valence-corrected chi connectivity index (χ2v) is 8.50. The van der Waals surface area contributed by atoms with Crippen LogP contribution in [0.3, 0.4) is 0 Å². The summed E-state index contributed by atoms with van der Waals surface area (Å²) in [5.41, 5.74) is 2.73. The lowest BCUT2D eigenvalue weighted by atomic mass is 9.96. The first-order chi connectivity index (χ1) is 17.9. The number of carboxylic acid groups (broad SMARTS) is 1. The number of para-hydroxylation sites is 2. The summed E-state index contributed by atoms with van der Waals surface area (Å²) in [4.78, 5) is 36.2. The fourth-order valence-electron chi connectivity index (χ4n) is 4.42. The summed E-state index contributed by atoms with van der Waals surface area (Å²) >= 11 is 0. The fourth-order valence-corrected chi connectivity index (χ4v) is 4.42. The van der Waals surface area contributed by atoms with Crippen molar-refractivity contribution in [2.24, 2.45) is 7.05 Å². The smallest absolute Gasteiger partial charge is 0.335 e. The minimum atomic E-state index is -1.02. The van der Waals surface area contributed by atoms with Gasteiger partial charge in [0.2, 0.25) is 11.7 Å². The van der Waals surface area contributed by atoms with Crippen LogP contribution in [-0.4, -0.2) is 39.8 Å². The predicted molar refractivity (Wildman–Crippen MR) is 139 cm³/mol. The normalized spacial score (nSPS) is 11.9. The number of benzene rings is 3. The third kappa shape index (κ3) is 4.31. The van der Waals surface area contributed by atoms with Gasteiger partial charge in [0, 0.05) is 14.1 Å². The quantitative estimate of drug-likeness (QED) is 0.350. The van der Waals surface area contributed by atoms with Crippen molar-refractivity contribution in [1.29, 1.82) is 0 Å². The Morgan fingerprint density at radius 3 is 2.41 bits per heavy atom. The first-order valence-corrected chi connectivity index (χ1v) is 11.5. The van der Waals surface area contributed by atoms with E-state index in [-0.39, 0.29) is 22.9 Å². The Morgan fingerprint density at radius 1 is 1.00 bits per heavy atom. The molecule has 9 nitrogen and oxygen atoms in total. The van der Waals surface area contributed by atoms with Gasteiger partial charge in [0.25, 0.3) is 11.4 Å². The maximum atomic E-state index is 13.4. The summed E-state index contributed by atoms with van der Waals surface area (Å²) in [7, 11) is 4.81. The largest absolute Gasteiger partial charge is 0.489 e. The van der Waals surface area contributed by atoms with E-state index in [4.69, 9.17) is 14.1 Å². The van der Waals surface area contributed by atoms with Gasteiger partial charge in [0.05, 0.1) is 18.7 Å². The highest BCUT2D eigenvalue weighted by molar-refractivity contribution is 5.87. The van der Waals surface area contributed by atoms with Crippen molar-refractivity contribution in [3.05, 3.63) is 106 Å². The van der Waals surface area contributed by atoms with E-state index in [1.807, 2.05) is 59.5 Å². The molecule has 0 aliphatic rings. The Labute approximate surface area is 212 Å². The molecule has 1 unspecified atom stereocenters. The standard InChI is InChI=1S/C28H24N4O5/c1-31(23(17-10-5-4-6-11-17)18-12-9-13-19(16-18)27(34)35)28-30-22(24(36-3)26(33)32(28)2)25-29-20-14-7-8-15-21(20)37-25/h4-16,23H,1-3H3,(H,34,35). The van der Waals surface area contributed by atoms with Gasteiger partial charge in [-0.05, 0) is 35.4 Å². The number of aromatic nitrogens is 3. The molecule has 0 bridgehead atoms. The molecular weight excluding hydrogens is 472 g/mol. The molecule has 2 aromatic heterocycles. The molecule has 0 radical (unpaired) electrons. The van der Waals surface area contributed by atoms with Crippen molar-refractivity contribution in [2.75, 3.05) is 19.1 Å². The van der Waals surface area contributed by atoms with E-state index in [0.717, 1.165) is 11.1 Å². The molecule has 0 amide bonds. The summed E-state index contributed by atoms with van der Waals surface area (Å²) in [6, 6.07) is 23.1. The Balaban J connectivity index is 1.71. The van der Waals surface area contributed by atoms with E-state index in [1.165, 1.54) is 11.7 Å².